The molecule has 2 N–H and O–H groups in total. The highest BCUT2D eigenvalue weighted by molar-refractivity contribution is 5.70. The lowest BCUT2D eigenvalue weighted by atomic mass is 10.00. The first kappa shape index (κ1) is 20.4. The van der Waals surface area contributed by atoms with Crippen molar-refractivity contribution in [3.05, 3.63) is 63.8 Å². The number of ether oxygens (including phenoxy) is 1. The Hall–Kier alpha value is -4.46. The van der Waals surface area contributed by atoms with Gasteiger partial charge in [0.2, 0.25) is 0 Å². The molecule has 0 fully saturated rings. The summed E-state index contributed by atoms with van der Waals surface area (Å²) in [6, 6.07) is 6.43. The van der Waals surface area contributed by atoms with E-state index >= 15 is 0 Å². The first-order chi connectivity index (χ1) is 15.8. The van der Waals surface area contributed by atoms with Crippen LogP contribution in [-0.2, 0) is 20.6 Å². The zero-order valence-corrected chi connectivity index (χ0v) is 18.1. The van der Waals surface area contributed by atoms with E-state index in [-0.39, 0.29) is 29.6 Å². The first-order valence-electron chi connectivity index (χ1n) is 10.1. The van der Waals surface area contributed by atoms with Gasteiger partial charge in [0.1, 0.15) is 23.7 Å². The largest absolute Gasteiger partial charge is 0.467 e. The SMILES string of the molecule is C[C@H]1Oc2nc(cnc2N)-c2c(nn(C)c2C#N)Cn2c(cn(C)c2=O)-c2ccc(F)cc21. The summed E-state index contributed by atoms with van der Waals surface area (Å²) >= 11 is 0. The zero-order chi connectivity index (χ0) is 23.4. The smallest absolute Gasteiger partial charge is 0.328 e. The molecular weight excluding hydrogens is 427 g/mol. The average molecular weight is 446 g/mol. The molecule has 2 bridgehead atoms. The van der Waals surface area contributed by atoms with Gasteiger partial charge in [-0.3, -0.25) is 9.25 Å². The molecule has 0 unspecified atom stereocenters. The molecule has 1 atom stereocenters. The summed E-state index contributed by atoms with van der Waals surface area (Å²) in [5.74, 6) is -0.333. The molecule has 0 saturated carbocycles. The lowest BCUT2D eigenvalue weighted by molar-refractivity contribution is 0.218. The summed E-state index contributed by atoms with van der Waals surface area (Å²) in [7, 11) is 3.28. The molecule has 10 nitrogen and oxygen atoms in total. The van der Waals surface area contributed by atoms with Gasteiger partial charge in [-0.05, 0) is 25.1 Å². The standard InChI is InChI=1S/C22H19FN8O2/c1-11-14-6-12(23)4-5-13(14)18-10-29(2)22(32)31(18)9-16-19(17(7-24)30(3)28-16)15-8-26-20(25)21(27-15)33-11/h4-6,8,10-11H,9H2,1-3H3,(H2,25,26)/t11-/m1/s1. The minimum absolute atomic E-state index is 0.0555. The number of rotatable bonds is 0. The number of fused-ring (bicyclic) bond motifs is 7. The van der Waals surface area contributed by atoms with Crippen molar-refractivity contribution >= 4 is 5.82 Å². The number of aryl methyl sites for hydroxylation is 2. The van der Waals surface area contributed by atoms with Gasteiger partial charge in [0, 0.05) is 31.4 Å². The van der Waals surface area contributed by atoms with Gasteiger partial charge < -0.3 is 15.0 Å². The van der Waals surface area contributed by atoms with Crippen molar-refractivity contribution in [2.75, 3.05) is 5.73 Å². The van der Waals surface area contributed by atoms with E-state index in [1.165, 1.54) is 32.1 Å². The number of aromatic nitrogens is 6. The van der Waals surface area contributed by atoms with Crippen molar-refractivity contribution in [3.63, 3.8) is 0 Å². The minimum atomic E-state index is -0.672. The van der Waals surface area contributed by atoms with E-state index < -0.39 is 11.9 Å². The van der Waals surface area contributed by atoms with Gasteiger partial charge in [-0.15, -0.1) is 0 Å². The van der Waals surface area contributed by atoms with Crippen LogP contribution in [0.15, 0.2) is 35.4 Å². The fourth-order valence-electron chi connectivity index (χ4n) is 4.13. The van der Waals surface area contributed by atoms with Gasteiger partial charge in [-0.2, -0.15) is 10.4 Å². The average Bonchev–Trinajstić information content (AvgIpc) is 3.25. The van der Waals surface area contributed by atoms with Crippen LogP contribution in [0.5, 0.6) is 5.88 Å². The minimum Gasteiger partial charge on any atom is -0.467 e. The highest BCUT2D eigenvalue weighted by Gasteiger charge is 2.26. The Balaban J connectivity index is 1.88. The summed E-state index contributed by atoms with van der Waals surface area (Å²) in [6.07, 6.45) is 2.44. The van der Waals surface area contributed by atoms with Gasteiger partial charge in [-0.25, -0.2) is 19.2 Å². The molecule has 1 aliphatic rings. The van der Waals surface area contributed by atoms with Gasteiger partial charge in [0.15, 0.2) is 5.82 Å². The van der Waals surface area contributed by atoms with Crippen LogP contribution in [-0.4, -0.2) is 28.9 Å². The van der Waals surface area contributed by atoms with Crippen molar-refractivity contribution in [2.45, 2.75) is 19.6 Å². The number of anilines is 1. The molecule has 4 aromatic rings. The van der Waals surface area contributed by atoms with Crippen LogP contribution in [0, 0.1) is 17.1 Å². The topological polar surface area (TPSA) is 130 Å². The molecule has 11 heteroatoms. The van der Waals surface area contributed by atoms with Crippen LogP contribution in [0.25, 0.3) is 22.5 Å². The molecule has 3 aromatic heterocycles. The molecule has 1 aliphatic heterocycles. The Morgan fingerprint density at radius 1 is 1.33 bits per heavy atom. The van der Waals surface area contributed by atoms with Crippen LogP contribution >= 0.6 is 0 Å². The van der Waals surface area contributed by atoms with E-state index in [4.69, 9.17) is 10.5 Å². The summed E-state index contributed by atoms with van der Waals surface area (Å²) in [6.45, 7) is 1.80. The highest BCUT2D eigenvalue weighted by atomic mass is 19.1. The summed E-state index contributed by atoms with van der Waals surface area (Å²) in [5.41, 5.74) is 8.89. The summed E-state index contributed by atoms with van der Waals surface area (Å²) in [5, 5.41) is 14.3. The van der Waals surface area contributed by atoms with Gasteiger partial charge >= 0.3 is 5.69 Å². The maximum atomic E-state index is 14.2. The van der Waals surface area contributed by atoms with Crippen LogP contribution < -0.4 is 16.2 Å². The second-order valence-corrected chi connectivity index (χ2v) is 7.84. The Bertz CT molecular complexity index is 1520. The second kappa shape index (κ2) is 7.30. The molecule has 33 heavy (non-hydrogen) atoms. The fourth-order valence-corrected chi connectivity index (χ4v) is 4.13. The third kappa shape index (κ3) is 3.15. The first-order valence-corrected chi connectivity index (χ1v) is 10.1. The quantitative estimate of drug-likeness (QED) is 0.438. The number of nitrogens with two attached hydrogens (primary N) is 1. The van der Waals surface area contributed by atoms with Crippen LogP contribution in [0.2, 0.25) is 0 Å². The van der Waals surface area contributed by atoms with Gasteiger partial charge in [0.25, 0.3) is 5.88 Å². The monoisotopic (exact) mass is 446 g/mol. The van der Waals surface area contributed by atoms with E-state index in [1.807, 2.05) is 0 Å². The van der Waals surface area contributed by atoms with Gasteiger partial charge in [-0.1, -0.05) is 0 Å². The van der Waals surface area contributed by atoms with E-state index in [0.717, 1.165) is 0 Å². The van der Waals surface area contributed by atoms with E-state index in [9.17, 15) is 14.4 Å². The van der Waals surface area contributed by atoms with E-state index in [2.05, 4.69) is 21.1 Å². The third-order valence-corrected chi connectivity index (χ3v) is 5.71. The maximum Gasteiger partial charge on any atom is 0.328 e. The van der Waals surface area contributed by atoms with Crippen molar-refractivity contribution in [1.29, 1.82) is 5.26 Å². The van der Waals surface area contributed by atoms with Crippen molar-refractivity contribution in [2.24, 2.45) is 14.1 Å². The molecule has 0 radical (unpaired) electrons. The lowest BCUT2D eigenvalue weighted by Crippen LogP contribution is -2.24. The third-order valence-electron chi connectivity index (χ3n) is 5.71. The molecule has 5 rings (SSSR count). The molecule has 1 aromatic carbocycles. The predicted molar refractivity (Wildman–Crippen MR) is 117 cm³/mol. The predicted octanol–water partition coefficient (Wildman–Crippen LogP) is 2.14. The number of imidazole rings is 1. The number of nitrogens with zero attached hydrogens (tertiary/aromatic N) is 7. The number of benzene rings is 1. The number of hydrogen-bond donors (Lipinski definition) is 1. The van der Waals surface area contributed by atoms with Crippen LogP contribution in [0.3, 0.4) is 0 Å². The Labute approximate surface area is 187 Å². The molecule has 0 aliphatic carbocycles. The number of nitriles is 1. The Morgan fingerprint density at radius 3 is 2.88 bits per heavy atom. The summed E-state index contributed by atoms with van der Waals surface area (Å²) < 4.78 is 24.7. The Morgan fingerprint density at radius 2 is 2.12 bits per heavy atom. The highest BCUT2D eigenvalue weighted by Crippen LogP contribution is 2.35. The zero-order valence-electron chi connectivity index (χ0n) is 18.1. The fraction of sp³-hybridized carbons (Fsp3) is 0.227. The van der Waals surface area contributed by atoms with E-state index in [0.29, 0.717) is 33.8 Å². The Kier molecular flexibility index (Phi) is 4.52. The second-order valence-electron chi connectivity index (χ2n) is 7.84. The van der Waals surface area contributed by atoms with Crippen molar-refractivity contribution in [3.8, 4) is 34.5 Å². The normalized spacial score (nSPS) is 14.7. The number of halogens is 1. The molecule has 0 saturated heterocycles. The molecule has 0 spiro atoms. The van der Waals surface area contributed by atoms with Crippen LogP contribution in [0.1, 0.15) is 30.0 Å². The lowest BCUT2D eigenvalue weighted by Gasteiger charge is -2.20. The van der Waals surface area contributed by atoms with Crippen molar-refractivity contribution in [1.82, 2.24) is 28.9 Å². The number of nitrogen functional groups attached to an aromatic ring is 1. The molecule has 4 heterocycles. The van der Waals surface area contributed by atoms with Crippen LogP contribution in [0.4, 0.5) is 10.2 Å². The number of hydrogen-bond acceptors (Lipinski definition) is 7. The molecular formula is C22H19FN8O2. The van der Waals surface area contributed by atoms with Crippen molar-refractivity contribution < 1.29 is 9.13 Å². The maximum absolute atomic E-state index is 14.2. The van der Waals surface area contributed by atoms with Gasteiger partial charge in [0.05, 0.1) is 35.4 Å². The summed E-state index contributed by atoms with van der Waals surface area (Å²) in [4.78, 5) is 21.7. The molecule has 0 amide bonds. The van der Waals surface area contributed by atoms with E-state index in [1.54, 1.807) is 33.3 Å². The molecule has 166 valence electrons.